The number of aromatic nitrogens is 1. The predicted molar refractivity (Wildman–Crippen MR) is 132 cm³/mol. The third-order valence-corrected chi connectivity index (χ3v) is 5.90. The summed E-state index contributed by atoms with van der Waals surface area (Å²) in [4.78, 5) is 34.4. The van der Waals surface area contributed by atoms with E-state index in [1.54, 1.807) is 48.5 Å². The summed E-state index contributed by atoms with van der Waals surface area (Å²) in [5.74, 6) is -0.494. The van der Waals surface area contributed by atoms with Gasteiger partial charge in [0.2, 0.25) is 5.91 Å². The van der Waals surface area contributed by atoms with E-state index in [9.17, 15) is 14.0 Å². The van der Waals surface area contributed by atoms with E-state index in [1.165, 1.54) is 11.0 Å². The first kappa shape index (κ1) is 23.6. The molecule has 2 aromatic rings. The summed E-state index contributed by atoms with van der Waals surface area (Å²) < 4.78 is 20.3. The first-order valence-electron chi connectivity index (χ1n) is 11.0. The van der Waals surface area contributed by atoms with Gasteiger partial charge in [-0.05, 0) is 48.9 Å². The van der Waals surface area contributed by atoms with Gasteiger partial charge in [-0.2, -0.15) is 0 Å². The molecule has 1 aromatic carbocycles. The molecule has 2 aliphatic heterocycles. The lowest BCUT2D eigenvalue weighted by Gasteiger charge is -2.36. The van der Waals surface area contributed by atoms with Crippen molar-refractivity contribution in [2.75, 3.05) is 49.1 Å². The van der Waals surface area contributed by atoms with Crippen LogP contribution >= 0.6 is 12.2 Å². The summed E-state index contributed by atoms with van der Waals surface area (Å²) in [7, 11) is 0. The summed E-state index contributed by atoms with van der Waals surface area (Å²) in [6.07, 6.45) is 5.79. The number of nitrogens with zero attached hydrogens (tertiary/aromatic N) is 4. The number of hydrogen-bond donors (Lipinski definition) is 1. The van der Waals surface area contributed by atoms with Crippen LogP contribution in [0.25, 0.3) is 6.08 Å². The fraction of sp³-hybridized carbons (Fsp3) is 0.333. The number of carbonyl (C=O) groups is 2. The number of pyridine rings is 1. The fourth-order valence-electron chi connectivity index (χ4n) is 3.93. The molecule has 3 heterocycles. The van der Waals surface area contributed by atoms with Crippen LogP contribution < -0.4 is 15.1 Å². The smallest absolute Gasteiger partial charge is 0.414 e. The van der Waals surface area contributed by atoms with Gasteiger partial charge in [0.15, 0.2) is 0 Å². The summed E-state index contributed by atoms with van der Waals surface area (Å²) in [6, 6.07) is 8.40. The van der Waals surface area contributed by atoms with Gasteiger partial charge in [-0.3, -0.25) is 14.7 Å². The van der Waals surface area contributed by atoms with Crippen LogP contribution in [0.2, 0.25) is 0 Å². The van der Waals surface area contributed by atoms with E-state index in [1.807, 2.05) is 17.0 Å². The highest BCUT2D eigenvalue weighted by molar-refractivity contribution is 7.80. The summed E-state index contributed by atoms with van der Waals surface area (Å²) in [6.45, 7) is 4.51. The van der Waals surface area contributed by atoms with E-state index < -0.39 is 11.9 Å². The number of thiocarbonyl (C=S) groups is 1. The minimum atomic E-state index is -0.507. The molecule has 4 rings (SSSR count). The SMILES string of the molecule is CC(=S)NC[C@H]1CN(c2ccc(N3CCN(C(=O)/C=C/c4ccncc4)CC3)c(F)c2)C(=O)O1. The second-order valence-corrected chi connectivity index (χ2v) is 8.73. The van der Waals surface area contributed by atoms with Gasteiger partial charge in [-0.15, -0.1) is 0 Å². The molecule has 2 aliphatic rings. The predicted octanol–water partition coefficient (Wildman–Crippen LogP) is 2.84. The fourth-order valence-corrected chi connectivity index (χ4v) is 4.01. The van der Waals surface area contributed by atoms with Gasteiger partial charge in [0.1, 0.15) is 11.9 Å². The van der Waals surface area contributed by atoms with Gasteiger partial charge in [-0.1, -0.05) is 12.2 Å². The van der Waals surface area contributed by atoms with Crippen molar-refractivity contribution < 1.29 is 18.7 Å². The lowest BCUT2D eigenvalue weighted by atomic mass is 10.2. The third kappa shape index (κ3) is 5.69. The second-order valence-electron chi connectivity index (χ2n) is 8.12. The first-order chi connectivity index (χ1) is 16.4. The lowest BCUT2D eigenvalue weighted by molar-refractivity contribution is -0.126. The van der Waals surface area contributed by atoms with Gasteiger partial charge < -0.3 is 19.9 Å². The van der Waals surface area contributed by atoms with Gasteiger partial charge in [0.05, 0.1) is 29.5 Å². The van der Waals surface area contributed by atoms with E-state index in [0.717, 1.165) is 5.56 Å². The molecule has 10 heteroatoms. The zero-order valence-corrected chi connectivity index (χ0v) is 19.6. The molecule has 0 unspecified atom stereocenters. The average molecular weight is 484 g/mol. The van der Waals surface area contributed by atoms with Crippen LogP contribution in [0.1, 0.15) is 12.5 Å². The minimum Gasteiger partial charge on any atom is -0.442 e. The highest BCUT2D eigenvalue weighted by Crippen LogP contribution is 2.28. The molecule has 2 fully saturated rings. The number of ether oxygens (including phenoxy) is 1. The normalized spacial score (nSPS) is 18.4. The van der Waals surface area contributed by atoms with Crippen molar-refractivity contribution in [1.29, 1.82) is 0 Å². The van der Waals surface area contributed by atoms with E-state index in [4.69, 9.17) is 17.0 Å². The van der Waals surface area contributed by atoms with Crippen molar-refractivity contribution in [3.05, 3.63) is 60.2 Å². The van der Waals surface area contributed by atoms with Crippen molar-refractivity contribution in [2.45, 2.75) is 13.0 Å². The van der Waals surface area contributed by atoms with Crippen molar-refractivity contribution in [1.82, 2.24) is 15.2 Å². The van der Waals surface area contributed by atoms with E-state index in [2.05, 4.69) is 10.3 Å². The summed E-state index contributed by atoms with van der Waals surface area (Å²) in [5, 5.41) is 2.98. The Morgan fingerprint density at radius 3 is 2.65 bits per heavy atom. The van der Waals surface area contributed by atoms with Crippen LogP contribution in [0.5, 0.6) is 0 Å². The maximum Gasteiger partial charge on any atom is 0.414 e. The molecule has 1 aromatic heterocycles. The van der Waals surface area contributed by atoms with Gasteiger partial charge in [0, 0.05) is 44.6 Å². The zero-order chi connectivity index (χ0) is 24.1. The van der Waals surface area contributed by atoms with Crippen LogP contribution in [0.15, 0.2) is 48.8 Å². The molecule has 2 saturated heterocycles. The largest absolute Gasteiger partial charge is 0.442 e. The number of piperazine rings is 1. The molecular formula is C24H26FN5O3S. The van der Waals surface area contributed by atoms with Gasteiger partial charge >= 0.3 is 6.09 Å². The van der Waals surface area contributed by atoms with Crippen molar-refractivity contribution >= 4 is 46.7 Å². The Morgan fingerprint density at radius 1 is 1.24 bits per heavy atom. The Labute approximate surface area is 203 Å². The molecule has 0 spiro atoms. The minimum absolute atomic E-state index is 0.0762. The number of benzene rings is 1. The zero-order valence-electron chi connectivity index (χ0n) is 18.8. The lowest BCUT2D eigenvalue weighted by Crippen LogP contribution is -2.48. The molecule has 0 aliphatic carbocycles. The summed E-state index contributed by atoms with van der Waals surface area (Å²) >= 11 is 4.98. The van der Waals surface area contributed by atoms with Gasteiger partial charge in [-0.25, -0.2) is 9.18 Å². The molecule has 0 radical (unpaired) electrons. The quantitative estimate of drug-likeness (QED) is 0.500. The van der Waals surface area contributed by atoms with Crippen molar-refractivity contribution in [2.24, 2.45) is 0 Å². The Morgan fingerprint density at radius 2 is 1.97 bits per heavy atom. The molecule has 1 N–H and O–H groups in total. The standard InChI is InChI=1S/C24H26FN5O3S/c1-17(34)27-15-20-16-30(24(32)33-20)19-3-4-22(21(25)14-19)28-10-12-29(13-11-28)23(31)5-2-18-6-8-26-9-7-18/h2-9,14,20H,10-13,15-16H2,1H3,(H,27,34)/b5-2+/t20-/m0/s1. The maximum absolute atomic E-state index is 15.0. The third-order valence-electron chi connectivity index (χ3n) is 5.75. The van der Waals surface area contributed by atoms with E-state index in [0.29, 0.717) is 55.6 Å². The number of rotatable bonds is 6. The molecule has 8 nitrogen and oxygen atoms in total. The number of nitrogens with one attached hydrogen (secondary N) is 1. The van der Waals surface area contributed by atoms with E-state index in [-0.39, 0.29) is 12.0 Å². The number of cyclic esters (lactones) is 1. The Hall–Kier alpha value is -3.53. The topological polar surface area (TPSA) is 78.0 Å². The van der Waals surface area contributed by atoms with Crippen molar-refractivity contribution in [3.8, 4) is 0 Å². The molecular weight excluding hydrogens is 457 g/mol. The summed E-state index contributed by atoms with van der Waals surface area (Å²) in [5.41, 5.74) is 1.80. The maximum atomic E-state index is 15.0. The average Bonchev–Trinajstić information content (AvgIpc) is 3.22. The molecule has 2 amide bonds. The highest BCUT2D eigenvalue weighted by Gasteiger charge is 2.33. The highest BCUT2D eigenvalue weighted by atomic mass is 32.1. The van der Waals surface area contributed by atoms with Crippen LogP contribution in [0, 0.1) is 5.82 Å². The number of halogens is 1. The van der Waals surface area contributed by atoms with Crippen LogP contribution in [0.4, 0.5) is 20.6 Å². The Kier molecular flexibility index (Phi) is 7.36. The van der Waals surface area contributed by atoms with Crippen LogP contribution in [-0.2, 0) is 9.53 Å². The second kappa shape index (κ2) is 10.6. The number of carbonyl (C=O) groups excluding carboxylic acids is 2. The molecule has 1 atom stereocenters. The van der Waals surface area contributed by atoms with E-state index >= 15 is 0 Å². The van der Waals surface area contributed by atoms with Crippen LogP contribution in [-0.4, -0.2) is 72.2 Å². The van der Waals surface area contributed by atoms with Crippen LogP contribution in [0.3, 0.4) is 0 Å². The number of amides is 2. The molecule has 0 bridgehead atoms. The monoisotopic (exact) mass is 483 g/mol. The Bertz CT molecular complexity index is 1090. The molecule has 178 valence electrons. The first-order valence-corrected chi connectivity index (χ1v) is 11.5. The number of hydrogen-bond acceptors (Lipinski definition) is 6. The number of anilines is 2. The van der Waals surface area contributed by atoms with Crippen molar-refractivity contribution in [3.63, 3.8) is 0 Å². The molecule has 34 heavy (non-hydrogen) atoms. The van der Waals surface area contributed by atoms with Gasteiger partial charge in [0.25, 0.3) is 0 Å². The Balaban J connectivity index is 1.33. The molecule has 0 saturated carbocycles.